The molecule has 4 aromatic rings. The minimum atomic E-state index is -0.574. The molecule has 0 saturated heterocycles. The third-order valence-electron chi connectivity index (χ3n) is 6.01. The lowest BCUT2D eigenvalue weighted by Crippen LogP contribution is -2.31. The van der Waals surface area contributed by atoms with Crippen molar-refractivity contribution in [3.63, 3.8) is 0 Å². The summed E-state index contributed by atoms with van der Waals surface area (Å²) in [5.41, 5.74) is 2.56. The van der Waals surface area contributed by atoms with Crippen LogP contribution >= 0.6 is 0 Å². The maximum atomic E-state index is 13.0. The molecule has 37 heavy (non-hydrogen) atoms. The summed E-state index contributed by atoms with van der Waals surface area (Å²) in [5.74, 6) is 0.373. The predicted molar refractivity (Wildman–Crippen MR) is 142 cm³/mol. The number of esters is 1. The fraction of sp³-hybridized carbons (Fsp3) is 0.250. The summed E-state index contributed by atoms with van der Waals surface area (Å²) in [7, 11) is 8.36. The van der Waals surface area contributed by atoms with Gasteiger partial charge in [-0.05, 0) is 49.8 Å². The van der Waals surface area contributed by atoms with Gasteiger partial charge in [0.05, 0.1) is 38.3 Å². The molecule has 9 nitrogen and oxygen atoms in total. The zero-order valence-electron chi connectivity index (χ0n) is 21.6. The number of carbonyl (C=O) groups excluding carboxylic acids is 2. The first-order valence-electron chi connectivity index (χ1n) is 11.7. The molecular formula is C28H30N4O5. The van der Waals surface area contributed by atoms with Crippen LogP contribution in [-0.4, -0.2) is 75.1 Å². The number of nitrogens with zero attached hydrogens (tertiary/aromatic N) is 3. The third kappa shape index (κ3) is 5.12. The zero-order chi connectivity index (χ0) is 26.5. The highest BCUT2D eigenvalue weighted by Crippen LogP contribution is 2.40. The van der Waals surface area contributed by atoms with Crippen molar-refractivity contribution in [1.82, 2.24) is 20.0 Å². The van der Waals surface area contributed by atoms with E-state index >= 15 is 0 Å². The molecule has 192 valence electrons. The Morgan fingerprint density at radius 3 is 2.22 bits per heavy atom. The van der Waals surface area contributed by atoms with Crippen LogP contribution in [-0.2, 0) is 4.74 Å². The van der Waals surface area contributed by atoms with E-state index < -0.39 is 5.97 Å². The largest absolute Gasteiger partial charge is 0.496 e. The lowest BCUT2D eigenvalue weighted by Gasteiger charge is -2.17. The molecule has 0 saturated carbocycles. The van der Waals surface area contributed by atoms with E-state index in [1.54, 1.807) is 31.0 Å². The lowest BCUT2D eigenvalue weighted by atomic mass is 10.0. The highest BCUT2D eigenvalue weighted by atomic mass is 16.5. The number of methoxy groups -OCH3 is 3. The minimum Gasteiger partial charge on any atom is -0.496 e. The van der Waals surface area contributed by atoms with Crippen LogP contribution in [0.3, 0.4) is 0 Å². The van der Waals surface area contributed by atoms with Gasteiger partial charge in [0.15, 0.2) is 5.69 Å². The Labute approximate surface area is 215 Å². The number of hydrogen-bond acceptors (Lipinski definition) is 7. The van der Waals surface area contributed by atoms with Gasteiger partial charge in [-0.1, -0.05) is 30.3 Å². The van der Waals surface area contributed by atoms with E-state index in [-0.39, 0.29) is 11.6 Å². The lowest BCUT2D eigenvalue weighted by molar-refractivity contribution is 0.0593. The van der Waals surface area contributed by atoms with Crippen LogP contribution in [0.15, 0.2) is 60.7 Å². The summed E-state index contributed by atoms with van der Waals surface area (Å²) in [6.45, 7) is 1.26. The molecule has 0 unspecified atom stereocenters. The van der Waals surface area contributed by atoms with Gasteiger partial charge in [0.1, 0.15) is 11.5 Å². The topological polar surface area (TPSA) is 94.9 Å². The van der Waals surface area contributed by atoms with Crippen molar-refractivity contribution < 1.29 is 23.8 Å². The Balaban J connectivity index is 1.92. The molecule has 4 rings (SSSR count). The molecule has 0 fully saturated rings. The maximum absolute atomic E-state index is 13.0. The summed E-state index contributed by atoms with van der Waals surface area (Å²) in [4.78, 5) is 27.5. The van der Waals surface area contributed by atoms with Gasteiger partial charge in [-0.25, -0.2) is 9.48 Å². The van der Waals surface area contributed by atoms with Gasteiger partial charge in [0.2, 0.25) is 0 Å². The van der Waals surface area contributed by atoms with Crippen molar-refractivity contribution in [2.75, 3.05) is 48.5 Å². The molecule has 1 N–H and O–H groups in total. The van der Waals surface area contributed by atoms with Crippen LogP contribution < -0.4 is 14.8 Å². The molecule has 1 aromatic heterocycles. The van der Waals surface area contributed by atoms with E-state index in [0.29, 0.717) is 40.6 Å². The summed E-state index contributed by atoms with van der Waals surface area (Å²) >= 11 is 0. The molecular weight excluding hydrogens is 472 g/mol. The van der Waals surface area contributed by atoms with Crippen molar-refractivity contribution in [3.05, 3.63) is 71.9 Å². The molecule has 1 amide bonds. The minimum absolute atomic E-state index is 0.125. The molecule has 0 atom stereocenters. The third-order valence-corrected chi connectivity index (χ3v) is 6.01. The van der Waals surface area contributed by atoms with Gasteiger partial charge < -0.3 is 24.4 Å². The molecule has 0 aliphatic heterocycles. The Morgan fingerprint density at radius 2 is 1.59 bits per heavy atom. The summed E-state index contributed by atoms with van der Waals surface area (Å²) in [6, 6.07) is 18.3. The monoisotopic (exact) mass is 502 g/mol. The number of ether oxygens (including phenoxy) is 3. The quantitative estimate of drug-likeness (QED) is 0.348. The SMILES string of the molecule is COC(=O)c1cc(-c2c(OC)cccc2OC)n(-c2ccc(C(=O)NCCN(C)C)c3ccccc23)n1. The maximum Gasteiger partial charge on any atom is 0.358 e. The number of nitrogens with one attached hydrogen (secondary N) is 1. The van der Waals surface area contributed by atoms with Crippen LogP contribution in [0, 0.1) is 0 Å². The van der Waals surface area contributed by atoms with Gasteiger partial charge >= 0.3 is 5.97 Å². The molecule has 3 aromatic carbocycles. The number of hydrogen-bond donors (Lipinski definition) is 1. The van der Waals surface area contributed by atoms with Crippen molar-refractivity contribution >= 4 is 22.6 Å². The molecule has 9 heteroatoms. The standard InChI is InChI=1S/C28H30N4O5/c1-31(2)16-15-29-27(33)20-13-14-22(19-10-7-6-9-18(19)20)32-23(17-21(30-32)28(34)37-5)26-24(35-3)11-8-12-25(26)36-4/h6-14,17H,15-16H2,1-5H3,(H,29,33). The molecule has 0 spiro atoms. The van der Waals surface area contributed by atoms with E-state index in [1.165, 1.54) is 7.11 Å². The van der Waals surface area contributed by atoms with Gasteiger partial charge in [-0.3, -0.25) is 4.79 Å². The van der Waals surface area contributed by atoms with E-state index in [2.05, 4.69) is 10.4 Å². The number of benzene rings is 3. The van der Waals surface area contributed by atoms with Crippen LogP contribution in [0.25, 0.3) is 27.7 Å². The number of likely N-dealkylation sites (N-methyl/N-ethyl adjacent to an activating group) is 1. The average Bonchev–Trinajstić information content (AvgIpc) is 3.35. The van der Waals surface area contributed by atoms with E-state index in [1.807, 2.05) is 67.5 Å². The van der Waals surface area contributed by atoms with Gasteiger partial charge in [0.25, 0.3) is 5.91 Å². The summed E-state index contributed by atoms with van der Waals surface area (Å²) < 4.78 is 17.9. The predicted octanol–water partition coefficient (Wildman–Crippen LogP) is 3.79. The number of rotatable bonds is 9. The normalized spacial score (nSPS) is 11.0. The smallest absolute Gasteiger partial charge is 0.358 e. The Morgan fingerprint density at radius 1 is 0.919 bits per heavy atom. The molecule has 1 heterocycles. The van der Waals surface area contributed by atoms with Gasteiger partial charge in [0, 0.05) is 24.0 Å². The van der Waals surface area contributed by atoms with Gasteiger partial charge in [-0.15, -0.1) is 0 Å². The number of aromatic nitrogens is 2. The second kappa shape index (κ2) is 11.1. The highest BCUT2D eigenvalue weighted by molar-refractivity contribution is 6.09. The first-order chi connectivity index (χ1) is 17.9. The number of amides is 1. The van der Waals surface area contributed by atoms with Crippen molar-refractivity contribution in [2.24, 2.45) is 0 Å². The van der Waals surface area contributed by atoms with Crippen LogP contribution in [0.2, 0.25) is 0 Å². The van der Waals surface area contributed by atoms with Crippen molar-refractivity contribution in [1.29, 1.82) is 0 Å². The van der Waals surface area contributed by atoms with Crippen molar-refractivity contribution in [3.8, 4) is 28.4 Å². The summed E-state index contributed by atoms with van der Waals surface area (Å²) in [5, 5.41) is 9.12. The van der Waals surface area contributed by atoms with Crippen LogP contribution in [0.5, 0.6) is 11.5 Å². The molecule has 0 aliphatic carbocycles. The van der Waals surface area contributed by atoms with Crippen LogP contribution in [0.4, 0.5) is 0 Å². The van der Waals surface area contributed by atoms with E-state index in [9.17, 15) is 9.59 Å². The van der Waals surface area contributed by atoms with E-state index in [4.69, 9.17) is 14.2 Å². The Kier molecular flexibility index (Phi) is 7.74. The Hall–Kier alpha value is -4.37. The molecule has 0 aliphatic rings. The highest BCUT2D eigenvalue weighted by Gasteiger charge is 2.24. The first-order valence-corrected chi connectivity index (χ1v) is 11.7. The van der Waals surface area contributed by atoms with E-state index in [0.717, 1.165) is 17.3 Å². The number of fused-ring (bicyclic) bond motifs is 1. The van der Waals surface area contributed by atoms with Crippen LogP contribution in [0.1, 0.15) is 20.8 Å². The van der Waals surface area contributed by atoms with Crippen molar-refractivity contribution in [2.45, 2.75) is 0 Å². The fourth-order valence-corrected chi connectivity index (χ4v) is 4.20. The number of carbonyl (C=O) groups is 2. The summed E-state index contributed by atoms with van der Waals surface area (Å²) in [6.07, 6.45) is 0. The fourth-order valence-electron chi connectivity index (χ4n) is 4.20. The molecule has 0 radical (unpaired) electrons. The van der Waals surface area contributed by atoms with Gasteiger partial charge in [-0.2, -0.15) is 5.10 Å². The molecule has 0 bridgehead atoms. The second-order valence-electron chi connectivity index (χ2n) is 8.59. The zero-order valence-corrected chi connectivity index (χ0v) is 21.6. The first kappa shape index (κ1) is 25.7. The Bertz CT molecular complexity index is 1420. The second-order valence-corrected chi connectivity index (χ2v) is 8.59. The average molecular weight is 503 g/mol.